The number of hydrogen-bond acceptors (Lipinski definition) is 4. The van der Waals surface area contributed by atoms with Crippen molar-refractivity contribution >= 4 is 35.3 Å². The Morgan fingerprint density at radius 3 is 2.00 bits per heavy atom. The van der Waals surface area contributed by atoms with Gasteiger partial charge in [-0.05, 0) is 34.9 Å². The third-order valence-corrected chi connectivity index (χ3v) is 6.74. The maximum atomic E-state index is 13.8. The third kappa shape index (κ3) is 7.00. The first kappa shape index (κ1) is 28.5. The molecule has 0 spiro atoms. The summed E-state index contributed by atoms with van der Waals surface area (Å²) >= 11 is 4.47. The Labute approximate surface area is 230 Å². The van der Waals surface area contributed by atoms with Crippen LogP contribution in [0.1, 0.15) is 11.1 Å². The van der Waals surface area contributed by atoms with Crippen molar-refractivity contribution < 1.29 is 82.2 Å². The standard InChI is InChI=1S/C20H16BrF2O3PS.2Na/c21-19-12-14(6-11-18(19)20(22,23)27(24,25)26)13-28-17-9-7-16(8-10-17)15-4-2-1-3-5-15;;/h1-12H,13H2,(H2,24,25,26);;/q;2*+1/p-2. The van der Waals surface area contributed by atoms with Crippen molar-refractivity contribution in [1.29, 1.82) is 0 Å². The summed E-state index contributed by atoms with van der Waals surface area (Å²) in [5.74, 6) is 0.502. The predicted octanol–water partition coefficient (Wildman–Crippen LogP) is -0.621. The van der Waals surface area contributed by atoms with E-state index in [4.69, 9.17) is 0 Å². The van der Waals surface area contributed by atoms with E-state index < -0.39 is 18.8 Å². The van der Waals surface area contributed by atoms with Gasteiger partial charge in [-0.3, -0.25) is 0 Å². The van der Waals surface area contributed by atoms with Gasteiger partial charge in [0.1, 0.15) is 0 Å². The molecule has 10 heteroatoms. The molecule has 3 aromatic carbocycles. The van der Waals surface area contributed by atoms with Crippen molar-refractivity contribution in [3.05, 3.63) is 88.4 Å². The molecule has 3 rings (SSSR count). The third-order valence-electron chi connectivity index (χ3n) is 4.07. The summed E-state index contributed by atoms with van der Waals surface area (Å²) < 4.78 is 38.2. The van der Waals surface area contributed by atoms with Crippen molar-refractivity contribution in [3.8, 4) is 11.1 Å². The Kier molecular flexibility index (Phi) is 11.5. The minimum absolute atomic E-state index is 0. The fraction of sp³-hybridized carbons (Fsp3) is 0.100. The molecular weight excluding hydrogens is 515 g/mol. The Bertz CT molecular complexity index is 1020. The topological polar surface area (TPSA) is 63.2 Å². The van der Waals surface area contributed by atoms with Crippen molar-refractivity contribution in [2.75, 3.05) is 0 Å². The summed E-state index contributed by atoms with van der Waals surface area (Å²) in [6.45, 7) is 0. The minimum Gasteiger partial charge on any atom is -0.806 e. The monoisotopic (exact) mass is 528 g/mol. The number of hydrogen-bond donors (Lipinski definition) is 0. The molecule has 30 heavy (non-hydrogen) atoms. The largest absolute Gasteiger partial charge is 1.00 e. The Balaban J connectivity index is 0.00000225. The molecule has 0 aliphatic carbocycles. The van der Waals surface area contributed by atoms with Gasteiger partial charge in [-0.15, -0.1) is 11.8 Å². The molecule has 3 nitrogen and oxygen atoms in total. The van der Waals surface area contributed by atoms with Gasteiger partial charge in [0.25, 0.3) is 5.66 Å². The molecule has 0 aliphatic heterocycles. The molecule has 0 N–H and O–H groups in total. The van der Waals surface area contributed by atoms with Crippen LogP contribution in [0.5, 0.6) is 0 Å². The van der Waals surface area contributed by atoms with Crippen LogP contribution in [0.3, 0.4) is 0 Å². The summed E-state index contributed by atoms with van der Waals surface area (Å²) in [6.07, 6.45) is 0. The fourth-order valence-corrected chi connectivity index (χ4v) is 4.74. The first-order valence-corrected chi connectivity index (χ1v) is 11.5. The summed E-state index contributed by atoms with van der Waals surface area (Å²) in [6, 6.07) is 21.7. The summed E-state index contributed by atoms with van der Waals surface area (Å²) in [5.41, 5.74) is -2.37. The molecule has 146 valence electrons. The molecular formula is C20H14BrF2Na2O3PS. The van der Waals surface area contributed by atoms with E-state index in [0.29, 0.717) is 5.75 Å². The molecule has 0 amide bonds. The van der Waals surface area contributed by atoms with E-state index in [1.165, 1.54) is 23.9 Å². The van der Waals surface area contributed by atoms with E-state index in [2.05, 4.69) is 15.9 Å². The van der Waals surface area contributed by atoms with Crippen molar-refractivity contribution in [1.82, 2.24) is 0 Å². The minimum atomic E-state index is -6.09. The quantitative estimate of drug-likeness (QED) is 0.243. The van der Waals surface area contributed by atoms with Crippen LogP contribution in [-0.2, 0) is 16.0 Å². The van der Waals surface area contributed by atoms with Crippen LogP contribution in [-0.4, -0.2) is 0 Å². The summed E-state index contributed by atoms with van der Waals surface area (Å²) in [7, 11) is -6.09. The van der Waals surface area contributed by atoms with E-state index in [0.717, 1.165) is 27.7 Å². The average molecular weight is 529 g/mol. The maximum absolute atomic E-state index is 13.8. The van der Waals surface area contributed by atoms with E-state index in [1.807, 2.05) is 54.6 Å². The molecule has 0 aliphatic rings. The number of thioether (sulfide) groups is 1. The molecule has 0 fully saturated rings. The van der Waals surface area contributed by atoms with E-state index in [1.54, 1.807) is 0 Å². The second-order valence-electron chi connectivity index (χ2n) is 6.03. The van der Waals surface area contributed by atoms with Gasteiger partial charge >= 0.3 is 59.1 Å². The first-order valence-electron chi connectivity index (χ1n) is 8.15. The average Bonchev–Trinajstić information content (AvgIpc) is 2.66. The van der Waals surface area contributed by atoms with Crippen molar-refractivity contribution in [3.63, 3.8) is 0 Å². The van der Waals surface area contributed by atoms with E-state index in [9.17, 15) is 23.1 Å². The van der Waals surface area contributed by atoms with E-state index >= 15 is 0 Å². The van der Waals surface area contributed by atoms with Gasteiger partial charge in [-0.2, -0.15) is 8.78 Å². The maximum Gasteiger partial charge on any atom is 1.00 e. The second-order valence-corrected chi connectivity index (χ2v) is 9.49. The van der Waals surface area contributed by atoms with Crippen molar-refractivity contribution in [2.24, 2.45) is 0 Å². The summed E-state index contributed by atoms with van der Waals surface area (Å²) in [4.78, 5) is 22.7. The smallest absolute Gasteiger partial charge is 0.806 e. The number of alkyl halides is 2. The van der Waals surface area contributed by atoms with Gasteiger partial charge in [0.15, 0.2) is 0 Å². The SMILES string of the molecule is O=P([O-])([O-])C(F)(F)c1ccc(CSc2ccc(-c3ccccc3)cc2)cc1Br.[Na+].[Na+]. The molecule has 0 bridgehead atoms. The Morgan fingerprint density at radius 2 is 1.47 bits per heavy atom. The zero-order valence-electron chi connectivity index (χ0n) is 16.3. The number of benzene rings is 3. The van der Waals surface area contributed by atoms with Crippen LogP contribution in [0.25, 0.3) is 11.1 Å². The van der Waals surface area contributed by atoms with Gasteiger partial charge in [-0.25, -0.2) is 0 Å². The number of rotatable bonds is 6. The van der Waals surface area contributed by atoms with Crippen molar-refractivity contribution in [2.45, 2.75) is 16.3 Å². The van der Waals surface area contributed by atoms with Gasteiger partial charge in [-0.1, -0.05) is 70.5 Å². The van der Waals surface area contributed by atoms with Crippen LogP contribution in [0.2, 0.25) is 0 Å². The molecule has 3 aromatic rings. The summed E-state index contributed by atoms with van der Waals surface area (Å²) in [5, 5.41) is 0. The van der Waals surface area contributed by atoms with E-state index in [-0.39, 0.29) is 63.6 Å². The zero-order valence-corrected chi connectivity index (χ0v) is 23.6. The number of halogens is 3. The van der Waals surface area contributed by atoms with Gasteiger partial charge in [0, 0.05) is 28.3 Å². The molecule has 0 heterocycles. The molecule has 0 unspecified atom stereocenters. The Morgan fingerprint density at radius 1 is 0.900 bits per heavy atom. The normalized spacial score (nSPS) is 11.4. The molecule has 0 atom stereocenters. The van der Waals surface area contributed by atoms with Crippen LogP contribution < -0.4 is 68.9 Å². The van der Waals surface area contributed by atoms with Gasteiger partial charge < -0.3 is 14.4 Å². The van der Waals surface area contributed by atoms with Gasteiger partial charge in [0.05, 0.1) is 0 Å². The first-order chi connectivity index (χ1) is 13.2. The zero-order chi connectivity index (χ0) is 20.4. The predicted molar refractivity (Wildman–Crippen MR) is 107 cm³/mol. The van der Waals surface area contributed by atoms with Gasteiger partial charge in [0.2, 0.25) is 0 Å². The molecule has 0 aromatic heterocycles. The van der Waals surface area contributed by atoms with Crippen LogP contribution in [0.15, 0.2) is 82.2 Å². The van der Waals surface area contributed by atoms with Crippen LogP contribution in [0.4, 0.5) is 8.78 Å². The second kappa shape index (κ2) is 12.1. The van der Waals surface area contributed by atoms with Crippen LogP contribution in [0, 0.1) is 0 Å². The Hall–Kier alpha value is 0.500. The van der Waals surface area contributed by atoms with Crippen LogP contribution >= 0.6 is 35.3 Å². The molecule has 0 saturated carbocycles. The molecule has 0 saturated heterocycles. The fourth-order valence-electron chi connectivity index (χ4n) is 2.58. The molecule has 0 radical (unpaired) electrons.